The van der Waals surface area contributed by atoms with Crippen molar-refractivity contribution in [1.82, 2.24) is 4.72 Å². The first-order valence-corrected chi connectivity index (χ1v) is 11.5. The summed E-state index contributed by atoms with van der Waals surface area (Å²) in [5, 5.41) is 0. The van der Waals surface area contributed by atoms with Gasteiger partial charge in [-0.05, 0) is 62.8 Å². The summed E-state index contributed by atoms with van der Waals surface area (Å²) in [6.45, 7) is 5.60. The Hall–Kier alpha value is -1.05. The van der Waals surface area contributed by atoms with Gasteiger partial charge >= 0.3 is 5.97 Å². The largest absolute Gasteiger partial charge is 0.462 e. The van der Waals surface area contributed by atoms with Crippen molar-refractivity contribution in [3.8, 4) is 0 Å². The summed E-state index contributed by atoms with van der Waals surface area (Å²) in [5.41, 5.74) is 1.11. The lowest BCUT2D eigenvalue weighted by Gasteiger charge is -2.19. The fraction of sp³-hybridized carbons (Fsp3) is 0.611. The molecule has 25 heavy (non-hydrogen) atoms. The Morgan fingerprint density at radius 3 is 2.40 bits per heavy atom. The van der Waals surface area contributed by atoms with Gasteiger partial charge in [0.25, 0.3) is 0 Å². The van der Waals surface area contributed by atoms with Gasteiger partial charge in [0.05, 0.1) is 11.0 Å². The molecule has 7 heteroatoms. The molecule has 1 aromatic carbocycles. The van der Waals surface area contributed by atoms with Crippen LogP contribution in [0.4, 0.5) is 0 Å². The number of ether oxygens (including phenoxy) is 1. The van der Waals surface area contributed by atoms with E-state index in [9.17, 15) is 13.2 Å². The number of nitrogens with one attached hydrogen (secondary N) is 1. The van der Waals surface area contributed by atoms with E-state index in [0.29, 0.717) is 12.2 Å². The van der Waals surface area contributed by atoms with Gasteiger partial charge in [0.2, 0.25) is 10.0 Å². The predicted molar refractivity (Wildman–Crippen MR) is 103 cm³/mol. The molecule has 1 aromatic rings. The van der Waals surface area contributed by atoms with Gasteiger partial charge in [-0.3, -0.25) is 4.79 Å². The molecule has 0 aromatic heterocycles. The predicted octanol–water partition coefficient (Wildman–Crippen LogP) is 3.38. The van der Waals surface area contributed by atoms with Gasteiger partial charge < -0.3 is 4.74 Å². The Kier molecular flexibility index (Phi) is 9.53. The number of carbonyl (C=O) groups is 1. The van der Waals surface area contributed by atoms with Crippen LogP contribution in [0.3, 0.4) is 0 Å². The molecule has 5 nitrogen and oxygen atoms in total. The van der Waals surface area contributed by atoms with E-state index >= 15 is 0 Å². The van der Waals surface area contributed by atoms with Crippen molar-refractivity contribution < 1.29 is 17.9 Å². The summed E-state index contributed by atoms with van der Waals surface area (Å²) >= 11 is 1.55. The number of thioether (sulfide) groups is 1. The second kappa shape index (κ2) is 10.8. The molecule has 1 atom stereocenters. The maximum atomic E-state index is 12.6. The van der Waals surface area contributed by atoms with Crippen molar-refractivity contribution in [2.75, 3.05) is 12.0 Å². The van der Waals surface area contributed by atoms with E-state index in [1.807, 2.05) is 18.4 Å². The average molecular weight is 388 g/mol. The lowest BCUT2D eigenvalue weighted by molar-refractivity contribution is -0.149. The van der Waals surface area contributed by atoms with Crippen LogP contribution in [0.15, 0.2) is 29.2 Å². The Morgan fingerprint density at radius 1 is 1.24 bits per heavy atom. The van der Waals surface area contributed by atoms with E-state index in [1.165, 1.54) is 0 Å². The number of hydrogen-bond acceptors (Lipinski definition) is 5. The molecule has 0 bridgehead atoms. The van der Waals surface area contributed by atoms with Crippen LogP contribution in [0, 0.1) is 0 Å². The number of rotatable bonds is 11. The first-order valence-electron chi connectivity index (χ1n) is 8.60. The summed E-state index contributed by atoms with van der Waals surface area (Å²) in [5.74, 6) is 0.128. The highest BCUT2D eigenvalue weighted by molar-refractivity contribution is 7.98. The number of sulfonamides is 1. The van der Waals surface area contributed by atoms with Gasteiger partial charge in [-0.15, -0.1) is 0 Å². The maximum Gasteiger partial charge on any atom is 0.324 e. The van der Waals surface area contributed by atoms with E-state index in [1.54, 1.807) is 37.7 Å². The summed E-state index contributed by atoms with van der Waals surface area (Å²) in [6.07, 6.45) is 5.11. The van der Waals surface area contributed by atoms with E-state index < -0.39 is 22.0 Å². The molecular weight excluding hydrogens is 358 g/mol. The highest BCUT2D eigenvalue weighted by Crippen LogP contribution is 2.15. The van der Waals surface area contributed by atoms with Gasteiger partial charge in [0.1, 0.15) is 6.04 Å². The molecule has 0 aliphatic carbocycles. The summed E-state index contributed by atoms with van der Waals surface area (Å²) < 4.78 is 32.9. The fourth-order valence-corrected chi connectivity index (χ4v) is 3.94. The topological polar surface area (TPSA) is 72.5 Å². The molecule has 0 aliphatic rings. The Balaban J connectivity index is 2.87. The smallest absolute Gasteiger partial charge is 0.324 e. The number of unbranched alkanes of at least 4 members (excludes halogenated alkanes) is 1. The molecule has 1 rings (SSSR count). The van der Waals surface area contributed by atoms with Crippen molar-refractivity contribution in [3.63, 3.8) is 0 Å². The molecule has 0 spiro atoms. The molecule has 0 amide bonds. The van der Waals surface area contributed by atoms with Gasteiger partial charge in [0.15, 0.2) is 0 Å². The zero-order valence-electron chi connectivity index (χ0n) is 15.4. The van der Waals surface area contributed by atoms with Crippen LogP contribution in [0.25, 0.3) is 0 Å². The third-order valence-corrected chi connectivity index (χ3v) is 5.73. The summed E-state index contributed by atoms with van der Waals surface area (Å²) in [4.78, 5) is 12.3. The third-order valence-electron chi connectivity index (χ3n) is 3.60. The van der Waals surface area contributed by atoms with Crippen LogP contribution >= 0.6 is 11.8 Å². The second-order valence-electron chi connectivity index (χ2n) is 6.19. The van der Waals surface area contributed by atoms with Crippen molar-refractivity contribution >= 4 is 27.8 Å². The number of benzene rings is 1. The Bertz CT molecular complexity index is 627. The van der Waals surface area contributed by atoms with Crippen LogP contribution in [0.5, 0.6) is 0 Å². The lowest BCUT2D eigenvalue weighted by atomic mass is 10.1. The highest BCUT2D eigenvalue weighted by atomic mass is 32.2. The first kappa shape index (κ1) is 22.0. The van der Waals surface area contributed by atoms with Crippen LogP contribution in [0.2, 0.25) is 0 Å². The molecular formula is C18H29NO4S2. The standard InChI is InChI=1S/C18H29NO4S2/c1-5-6-7-15-8-10-16(11-9-15)25(21,22)19-17(12-13-24-4)18(20)23-14(2)3/h8-11,14,17,19H,5-7,12-13H2,1-4H3. The molecule has 0 saturated heterocycles. The SMILES string of the molecule is CCCCc1ccc(S(=O)(=O)NC(CCSC)C(=O)OC(C)C)cc1. The fourth-order valence-electron chi connectivity index (χ4n) is 2.25. The Labute approximate surface area is 156 Å². The van der Waals surface area contributed by atoms with Crippen molar-refractivity contribution in [2.24, 2.45) is 0 Å². The molecule has 1 N–H and O–H groups in total. The average Bonchev–Trinajstić information content (AvgIpc) is 2.56. The molecule has 1 unspecified atom stereocenters. The highest BCUT2D eigenvalue weighted by Gasteiger charge is 2.27. The quantitative estimate of drug-likeness (QED) is 0.589. The minimum atomic E-state index is -3.77. The van der Waals surface area contributed by atoms with Gasteiger partial charge in [-0.2, -0.15) is 16.5 Å². The van der Waals surface area contributed by atoms with Crippen molar-refractivity contribution in [3.05, 3.63) is 29.8 Å². The minimum Gasteiger partial charge on any atom is -0.462 e. The van der Waals surface area contributed by atoms with E-state index in [4.69, 9.17) is 4.74 Å². The van der Waals surface area contributed by atoms with E-state index in [2.05, 4.69) is 11.6 Å². The maximum absolute atomic E-state index is 12.6. The monoisotopic (exact) mass is 387 g/mol. The van der Waals surface area contributed by atoms with Crippen molar-refractivity contribution in [2.45, 2.75) is 63.5 Å². The Morgan fingerprint density at radius 2 is 1.88 bits per heavy atom. The normalized spacial score (nSPS) is 13.0. The van der Waals surface area contributed by atoms with Gasteiger partial charge in [0, 0.05) is 0 Å². The summed E-state index contributed by atoms with van der Waals surface area (Å²) in [7, 11) is -3.77. The zero-order chi connectivity index (χ0) is 18.9. The van der Waals surface area contributed by atoms with Crippen LogP contribution in [0.1, 0.15) is 45.6 Å². The van der Waals surface area contributed by atoms with Gasteiger partial charge in [-0.25, -0.2) is 8.42 Å². The molecule has 0 fully saturated rings. The first-order chi connectivity index (χ1) is 11.8. The molecule has 142 valence electrons. The lowest BCUT2D eigenvalue weighted by Crippen LogP contribution is -2.42. The molecule has 0 heterocycles. The van der Waals surface area contributed by atoms with Crippen LogP contribution < -0.4 is 4.72 Å². The molecule has 0 aliphatic heterocycles. The molecule has 0 saturated carbocycles. The summed E-state index contributed by atoms with van der Waals surface area (Å²) in [6, 6.07) is 5.96. The van der Waals surface area contributed by atoms with E-state index in [-0.39, 0.29) is 11.0 Å². The number of hydrogen-bond donors (Lipinski definition) is 1. The number of esters is 1. The zero-order valence-corrected chi connectivity index (χ0v) is 17.1. The molecule has 0 radical (unpaired) electrons. The second-order valence-corrected chi connectivity index (χ2v) is 8.89. The van der Waals surface area contributed by atoms with Gasteiger partial charge in [-0.1, -0.05) is 25.5 Å². The third kappa shape index (κ3) is 7.79. The van der Waals surface area contributed by atoms with Crippen LogP contribution in [-0.4, -0.2) is 38.5 Å². The van der Waals surface area contributed by atoms with E-state index in [0.717, 1.165) is 24.8 Å². The van der Waals surface area contributed by atoms with Crippen LogP contribution in [-0.2, 0) is 26.0 Å². The minimum absolute atomic E-state index is 0.166. The van der Waals surface area contributed by atoms with Crippen molar-refractivity contribution in [1.29, 1.82) is 0 Å². The number of carbonyl (C=O) groups excluding carboxylic acids is 1. The number of aryl methyl sites for hydroxylation is 1.